The number of rotatable bonds is 2. The van der Waals surface area contributed by atoms with Crippen molar-refractivity contribution in [3.05, 3.63) is 22.6 Å². The molecule has 2 heterocycles. The maximum absolute atomic E-state index is 12.8. The van der Waals surface area contributed by atoms with Crippen LogP contribution < -0.4 is 0 Å². The molecule has 3 rings (SSSR count). The highest BCUT2D eigenvalue weighted by Gasteiger charge is 2.38. The van der Waals surface area contributed by atoms with Gasteiger partial charge in [0.25, 0.3) is 5.91 Å². The first-order chi connectivity index (χ1) is 10.8. The standard InChI is InChI=1S/C18H28N2O3/c1-5-19-6-8-20(9-7-19)17(22)16-12(2)15-13(21)10-18(3,4)11-14(15)23-16/h13,21H,5-11H2,1-4H3/t13-/m0/s1. The molecule has 1 saturated heterocycles. The Morgan fingerprint density at radius 2 is 1.96 bits per heavy atom. The SMILES string of the molecule is CCN1CCN(C(=O)c2oc3c(c2C)[C@@H](O)CC(C)(C)C3)CC1. The summed E-state index contributed by atoms with van der Waals surface area (Å²) in [7, 11) is 0. The first kappa shape index (κ1) is 16.5. The minimum atomic E-state index is -0.531. The predicted molar refractivity (Wildman–Crippen MR) is 88.5 cm³/mol. The van der Waals surface area contributed by atoms with Gasteiger partial charge in [0.2, 0.25) is 0 Å². The number of hydrogen-bond acceptors (Lipinski definition) is 4. The summed E-state index contributed by atoms with van der Waals surface area (Å²) in [5.41, 5.74) is 1.68. The first-order valence-electron chi connectivity index (χ1n) is 8.64. The lowest BCUT2D eigenvalue weighted by Crippen LogP contribution is -2.48. The lowest BCUT2D eigenvalue weighted by atomic mass is 9.75. The fourth-order valence-electron chi connectivity index (χ4n) is 3.90. The molecule has 0 aromatic carbocycles. The third-order valence-corrected chi connectivity index (χ3v) is 5.29. The number of carbonyl (C=O) groups excluding carboxylic acids is 1. The van der Waals surface area contributed by atoms with E-state index in [1.807, 2.05) is 11.8 Å². The number of piperazine rings is 1. The van der Waals surface area contributed by atoms with Crippen LogP contribution in [0.15, 0.2) is 4.42 Å². The van der Waals surface area contributed by atoms with Gasteiger partial charge in [-0.1, -0.05) is 20.8 Å². The van der Waals surface area contributed by atoms with E-state index in [4.69, 9.17) is 4.42 Å². The topological polar surface area (TPSA) is 56.9 Å². The summed E-state index contributed by atoms with van der Waals surface area (Å²) in [4.78, 5) is 17.1. The molecule has 0 radical (unpaired) electrons. The first-order valence-corrected chi connectivity index (χ1v) is 8.64. The van der Waals surface area contributed by atoms with Crippen LogP contribution in [0.4, 0.5) is 0 Å². The molecule has 5 heteroatoms. The van der Waals surface area contributed by atoms with Crippen LogP contribution in [-0.2, 0) is 6.42 Å². The van der Waals surface area contributed by atoms with Gasteiger partial charge in [-0.3, -0.25) is 4.79 Å². The number of aliphatic hydroxyl groups is 1. The Bertz CT molecular complexity index is 598. The fourth-order valence-corrected chi connectivity index (χ4v) is 3.90. The summed E-state index contributed by atoms with van der Waals surface area (Å²) in [5.74, 6) is 1.19. The van der Waals surface area contributed by atoms with Crippen molar-refractivity contribution in [1.29, 1.82) is 0 Å². The normalized spacial score (nSPS) is 24.6. The van der Waals surface area contributed by atoms with Crippen molar-refractivity contribution in [1.82, 2.24) is 9.80 Å². The van der Waals surface area contributed by atoms with Crippen LogP contribution >= 0.6 is 0 Å². The molecule has 0 bridgehead atoms. The van der Waals surface area contributed by atoms with E-state index in [1.165, 1.54) is 0 Å². The van der Waals surface area contributed by atoms with E-state index in [1.54, 1.807) is 0 Å². The van der Waals surface area contributed by atoms with Gasteiger partial charge in [0.1, 0.15) is 5.76 Å². The maximum Gasteiger partial charge on any atom is 0.289 e. The highest BCUT2D eigenvalue weighted by Crippen LogP contribution is 2.44. The Labute approximate surface area is 138 Å². The van der Waals surface area contributed by atoms with Gasteiger partial charge in [-0.15, -0.1) is 0 Å². The van der Waals surface area contributed by atoms with Crippen LogP contribution in [0, 0.1) is 12.3 Å². The number of nitrogens with zero attached hydrogens (tertiary/aromatic N) is 2. The Kier molecular flexibility index (Phi) is 4.27. The summed E-state index contributed by atoms with van der Waals surface area (Å²) in [5, 5.41) is 10.5. The second-order valence-electron chi connectivity index (χ2n) is 7.68. The van der Waals surface area contributed by atoms with Gasteiger partial charge in [-0.2, -0.15) is 0 Å². The smallest absolute Gasteiger partial charge is 0.289 e. The molecular formula is C18H28N2O3. The summed E-state index contributed by atoms with van der Waals surface area (Å²) < 4.78 is 5.95. The molecule has 2 aliphatic rings. The molecule has 0 unspecified atom stereocenters. The monoisotopic (exact) mass is 320 g/mol. The van der Waals surface area contributed by atoms with E-state index in [9.17, 15) is 9.90 Å². The molecule has 1 amide bonds. The van der Waals surface area contributed by atoms with Crippen molar-refractivity contribution < 1.29 is 14.3 Å². The van der Waals surface area contributed by atoms with Crippen LogP contribution in [0.5, 0.6) is 0 Å². The zero-order valence-corrected chi connectivity index (χ0v) is 14.7. The van der Waals surface area contributed by atoms with E-state index in [-0.39, 0.29) is 11.3 Å². The summed E-state index contributed by atoms with van der Waals surface area (Å²) >= 11 is 0. The Balaban J connectivity index is 1.83. The van der Waals surface area contributed by atoms with Crippen LogP contribution in [0.25, 0.3) is 0 Å². The molecule has 1 fully saturated rings. The number of carbonyl (C=O) groups is 1. The van der Waals surface area contributed by atoms with E-state index in [0.717, 1.165) is 56.0 Å². The predicted octanol–water partition coefficient (Wildman–Crippen LogP) is 2.37. The Morgan fingerprint density at radius 3 is 2.57 bits per heavy atom. The number of amides is 1. The minimum absolute atomic E-state index is 0.00375. The molecule has 1 aliphatic heterocycles. The molecule has 0 saturated carbocycles. The molecular weight excluding hydrogens is 292 g/mol. The molecule has 1 atom stereocenters. The highest BCUT2D eigenvalue weighted by molar-refractivity contribution is 5.93. The van der Waals surface area contributed by atoms with E-state index in [0.29, 0.717) is 12.2 Å². The second kappa shape index (κ2) is 5.95. The van der Waals surface area contributed by atoms with Crippen LogP contribution in [0.3, 0.4) is 0 Å². The Morgan fingerprint density at radius 1 is 1.30 bits per heavy atom. The largest absolute Gasteiger partial charge is 0.455 e. The zero-order chi connectivity index (χ0) is 16.8. The second-order valence-corrected chi connectivity index (χ2v) is 7.68. The zero-order valence-electron chi connectivity index (χ0n) is 14.7. The number of fused-ring (bicyclic) bond motifs is 1. The van der Waals surface area contributed by atoms with Crippen molar-refractivity contribution in [3.63, 3.8) is 0 Å². The van der Waals surface area contributed by atoms with Gasteiger partial charge >= 0.3 is 0 Å². The van der Waals surface area contributed by atoms with Gasteiger partial charge in [0, 0.05) is 43.7 Å². The van der Waals surface area contributed by atoms with Gasteiger partial charge in [0.05, 0.1) is 6.10 Å². The van der Waals surface area contributed by atoms with Gasteiger partial charge < -0.3 is 19.3 Å². The van der Waals surface area contributed by atoms with Crippen molar-refractivity contribution >= 4 is 5.91 Å². The highest BCUT2D eigenvalue weighted by atomic mass is 16.4. The lowest BCUT2D eigenvalue weighted by molar-refractivity contribution is 0.0604. The van der Waals surface area contributed by atoms with Gasteiger partial charge in [-0.25, -0.2) is 0 Å². The molecule has 1 aliphatic carbocycles. The number of aliphatic hydroxyl groups excluding tert-OH is 1. The Hall–Kier alpha value is -1.33. The maximum atomic E-state index is 12.8. The van der Waals surface area contributed by atoms with Crippen LogP contribution in [0.1, 0.15) is 60.7 Å². The van der Waals surface area contributed by atoms with Crippen LogP contribution in [-0.4, -0.2) is 53.5 Å². The molecule has 1 N–H and O–H groups in total. The number of furan rings is 1. The van der Waals surface area contributed by atoms with Gasteiger partial charge in [-0.05, 0) is 25.3 Å². The van der Waals surface area contributed by atoms with E-state index in [2.05, 4.69) is 25.7 Å². The van der Waals surface area contributed by atoms with Crippen molar-refractivity contribution in [2.24, 2.45) is 5.41 Å². The van der Waals surface area contributed by atoms with Crippen molar-refractivity contribution in [2.45, 2.75) is 46.6 Å². The molecule has 23 heavy (non-hydrogen) atoms. The lowest BCUT2D eigenvalue weighted by Gasteiger charge is -2.33. The molecule has 1 aromatic heterocycles. The quantitative estimate of drug-likeness (QED) is 0.909. The van der Waals surface area contributed by atoms with E-state index >= 15 is 0 Å². The molecule has 1 aromatic rings. The van der Waals surface area contributed by atoms with Crippen molar-refractivity contribution in [3.8, 4) is 0 Å². The van der Waals surface area contributed by atoms with Crippen LogP contribution in [0.2, 0.25) is 0 Å². The summed E-state index contributed by atoms with van der Waals surface area (Å²) in [6.07, 6.45) is 0.955. The number of hydrogen-bond donors (Lipinski definition) is 1. The number of likely N-dealkylation sites (N-methyl/N-ethyl adjacent to an activating group) is 1. The average molecular weight is 320 g/mol. The van der Waals surface area contributed by atoms with Gasteiger partial charge in [0.15, 0.2) is 5.76 Å². The minimum Gasteiger partial charge on any atom is -0.455 e. The molecule has 5 nitrogen and oxygen atoms in total. The van der Waals surface area contributed by atoms with E-state index < -0.39 is 6.10 Å². The third-order valence-electron chi connectivity index (χ3n) is 5.29. The summed E-state index contributed by atoms with van der Waals surface area (Å²) in [6.45, 7) is 12.6. The third kappa shape index (κ3) is 3.04. The van der Waals surface area contributed by atoms with Crippen molar-refractivity contribution in [2.75, 3.05) is 32.7 Å². The average Bonchev–Trinajstić information content (AvgIpc) is 2.82. The fraction of sp³-hybridized carbons (Fsp3) is 0.722. The molecule has 0 spiro atoms. The summed E-state index contributed by atoms with van der Waals surface area (Å²) in [6, 6.07) is 0. The molecule has 128 valence electrons.